The number of non-ortho nitro benzene ring substituents is 1. The number of sulfonamides is 1. The highest BCUT2D eigenvalue weighted by Gasteiger charge is 2.46. The van der Waals surface area contributed by atoms with Crippen LogP contribution in [0.15, 0.2) is 54.6 Å². The van der Waals surface area contributed by atoms with Gasteiger partial charge in [0.1, 0.15) is 11.6 Å². The smallest absolute Gasteiger partial charge is 0.454 e. The predicted molar refractivity (Wildman–Crippen MR) is 95.7 cm³/mol. The number of benzene rings is 3. The van der Waals surface area contributed by atoms with Gasteiger partial charge >= 0.3 is 15.5 Å². The quantitative estimate of drug-likeness (QED) is 0.351. The van der Waals surface area contributed by atoms with Gasteiger partial charge in [-0.3, -0.25) is 14.8 Å². The zero-order valence-electron chi connectivity index (χ0n) is 14.1. The first-order valence-corrected chi connectivity index (χ1v) is 9.20. The Morgan fingerprint density at radius 3 is 2.38 bits per heavy atom. The molecule has 0 heterocycles. The second-order valence-corrected chi connectivity index (χ2v) is 7.39. The minimum Gasteiger partial charge on any atom is -0.454 e. The Morgan fingerprint density at radius 2 is 1.72 bits per heavy atom. The van der Waals surface area contributed by atoms with Gasteiger partial charge in [-0.25, -0.2) is 4.39 Å². The molecule has 12 heteroatoms. The Kier molecular flexibility index (Phi) is 5.05. The Labute approximate surface area is 160 Å². The Bertz CT molecular complexity index is 1210. The van der Waals surface area contributed by atoms with Gasteiger partial charge in [0, 0.05) is 11.5 Å². The summed E-state index contributed by atoms with van der Waals surface area (Å²) < 4.78 is 81.1. The molecule has 3 aromatic rings. The molecule has 152 valence electrons. The summed E-state index contributed by atoms with van der Waals surface area (Å²) >= 11 is 0. The lowest BCUT2D eigenvalue weighted by Gasteiger charge is -2.15. The van der Waals surface area contributed by atoms with Gasteiger partial charge in [0.2, 0.25) is 0 Å². The van der Waals surface area contributed by atoms with Crippen LogP contribution < -0.4 is 9.46 Å². The van der Waals surface area contributed by atoms with Crippen LogP contribution in [0, 0.1) is 15.9 Å². The van der Waals surface area contributed by atoms with E-state index in [0.29, 0.717) is 10.8 Å². The molecule has 0 bridgehead atoms. The molecule has 7 nitrogen and oxygen atoms in total. The monoisotopic (exact) mass is 430 g/mol. The molecule has 0 aliphatic heterocycles. The van der Waals surface area contributed by atoms with Crippen LogP contribution in [0.1, 0.15) is 0 Å². The van der Waals surface area contributed by atoms with Crippen LogP contribution in [0.25, 0.3) is 10.8 Å². The molecule has 0 aliphatic carbocycles. The van der Waals surface area contributed by atoms with Gasteiger partial charge in [-0.2, -0.15) is 21.6 Å². The highest BCUT2D eigenvalue weighted by molar-refractivity contribution is 7.93. The number of halogens is 4. The van der Waals surface area contributed by atoms with Gasteiger partial charge < -0.3 is 4.74 Å². The topological polar surface area (TPSA) is 98.5 Å². The Hall–Kier alpha value is -3.41. The van der Waals surface area contributed by atoms with Crippen molar-refractivity contribution in [3.63, 3.8) is 0 Å². The number of hydrogen-bond donors (Lipinski definition) is 1. The van der Waals surface area contributed by atoms with E-state index in [0.717, 1.165) is 24.3 Å². The van der Waals surface area contributed by atoms with Crippen LogP contribution in [0.3, 0.4) is 0 Å². The van der Waals surface area contributed by atoms with Crippen LogP contribution in [-0.2, 0) is 10.0 Å². The van der Waals surface area contributed by atoms with Gasteiger partial charge in [-0.1, -0.05) is 12.1 Å². The number of nitrogens with one attached hydrogen (secondary N) is 1. The molecule has 0 atom stereocenters. The maximum Gasteiger partial charge on any atom is 0.516 e. The fraction of sp³-hybridized carbons (Fsp3) is 0.0588. The third-order valence-electron chi connectivity index (χ3n) is 3.75. The van der Waals surface area contributed by atoms with Crippen LogP contribution in [0.5, 0.6) is 11.5 Å². The maximum atomic E-state index is 13.4. The minimum absolute atomic E-state index is 0.0236. The van der Waals surface area contributed by atoms with Crippen molar-refractivity contribution >= 4 is 32.2 Å². The number of anilines is 1. The van der Waals surface area contributed by atoms with Gasteiger partial charge in [-0.15, -0.1) is 0 Å². The molecule has 0 spiro atoms. The van der Waals surface area contributed by atoms with Crippen LogP contribution in [-0.4, -0.2) is 18.8 Å². The second-order valence-electron chi connectivity index (χ2n) is 5.71. The molecule has 0 unspecified atom stereocenters. The highest BCUT2D eigenvalue weighted by atomic mass is 32.2. The first kappa shape index (κ1) is 20.3. The number of hydrogen-bond acceptors (Lipinski definition) is 5. The molecule has 1 N–H and O–H groups in total. The van der Waals surface area contributed by atoms with Crippen molar-refractivity contribution in [2.75, 3.05) is 4.72 Å². The summed E-state index contributed by atoms with van der Waals surface area (Å²) in [6, 6.07) is 10.4. The lowest BCUT2D eigenvalue weighted by atomic mass is 10.1. The van der Waals surface area contributed by atoms with Crippen molar-refractivity contribution < 1.29 is 35.6 Å². The van der Waals surface area contributed by atoms with E-state index in [1.165, 1.54) is 29.0 Å². The summed E-state index contributed by atoms with van der Waals surface area (Å²) in [6.07, 6.45) is 0. The van der Waals surface area contributed by atoms with Gasteiger partial charge in [0.25, 0.3) is 5.69 Å². The van der Waals surface area contributed by atoms with Crippen LogP contribution in [0.2, 0.25) is 0 Å². The number of nitrogens with zero attached hydrogens (tertiary/aromatic N) is 1. The molecule has 0 saturated carbocycles. The second kappa shape index (κ2) is 7.20. The third kappa shape index (κ3) is 4.21. The average Bonchev–Trinajstić information content (AvgIpc) is 2.61. The molecule has 3 aromatic carbocycles. The van der Waals surface area contributed by atoms with E-state index >= 15 is 0 Å². The van der Waals surface area contributed by atoms with E-state index in [1.807, 2.05) is 0 Å². The van der Waals surface area contributed by atoms with E-state index < -0.39 is 43.4 Å². The van der Waals surface area contributed by atoms with Crippen molar-refractivity contribution in [3.8, 4) is 11.5 Å². The third-order valence-corrected chi connectivity index (χ3v) is 4.85. The normalized spacial score (nSPS) is 12.0. The molecule has 0 amide bonds. The van der Waals surface area contributed by atoms with E-state index in [1.54, 1.807) is 6.07 Å². The molecule has 3 rings (SSSR count). The number of nitro benzene ring substituents is 1. The van der Waals surface area contributed by atoms with E-state index in [-0.39, 0.29) is 5.75 Å². The van der Waals surface area contributed by atoms with Gasteiger partial charge in [0.05, 0.1) is 16.7 Å². The summed E-state index contributed by atoms with van der Waals surface area (Å²) in [5.74, 6) is -1.05. The standard InChI is InChI=1S/C17H10F4N2O5S/c18-11-4-6-13-10(8-11)2-1-3-15(13)28-16-9-12(23(24)25)5-7-14(16)22-29(26,27)17(19,20)21/h1-9,22H. The number of ether oxygens (including phenoxy) is 1. The number of alkyl halides is 3. The van der Waals surface area contributed by atoms with Crippen molar-refractivity contribution in [2.24, 2.45) is 0 Å². The van der Waals surface area contributed by atoms with Gasteiger partial charge in [0.15, 0.2) is 5.75 Å². The largest absolute Gasteiger partial charge is 0.516 e. The van der Waals surface area contributed by atoms with E-state index in [9.17, 15) is 36.1 Å². The SMILES string of the molecule is O=[N+]([O-])c1ccc(NS(=O)(=O)C(F)(F)F)c(Oc2cccc3cc(F)ccc23)c1. The van der Waals surface area contributed by atoms with Gasteiger partial charge in [-0.05, 0) is 35.7 Å². The lowest BCUT2D eigenvalue weighted by molar-refractivity contribution is -0.384. The summed E-state index contributed by atoms with van der Waals surface area (Å²) in [5.41, 5.74) is -6.81. The molecule has 0 aliphatic rings. The van der Waals surface area contributed by atoms with Crippen molar-refractivity contribution in [1.82, 2.24) is 0 Å². The summed E-state index contributed by atoms with van der Waals surface area (Å²) in [6.45, 7) is 0. The zero-order valence-corrected chi connectivity index (χ0v) is 14.9. The maximum absolute atomic E-state index is 13.4. The Balaban J connectivity index is 2.10. The fourth-order valence-corrected chi connectivity index (χ4v) is 3.00. The zero-order chi connectivity index (χ0) is 21.4. The average molecular weight is 430 g/mol. The molecule has 0 saturated heterocycles. The highest BCUT2D eigenvalue weighted by Crippen LogP contribution is 2.38. The first-order chi connectivity index (χ1) is 13.5. The predicted octanol–water partition coefficient (Wildman–Crippen LogP) is 4.94. The van der Waals surface area contributed by atoms with Crippen molar-refractivity contribution in [1.29, 1.82) is 0 Å². The van der Waals surface area contributed by atoms with Crippen LogP contribution in [0.4, 0.5) is 28.9 Å². The first-order valence-electron chi connectivity index (χ1n) is 7.71. The molecular formula is C17H10F4N2O5S. The number of fused-ring (bicyclic) bond motifs is 1. The molecular weight excluding hydrogens is 420 g/mol. The fourth-order valence-electron chi connectivity index (χ4n) is 2.43. The molecule has 0 fully saturated rings. The summed E-state index contributed by atoms with van der Waals surface area (Å²) in [5, 5.41) is 11.7. The summed E-state index contributed by atoms with van der Waals surface area (Å²) in [4.78, 5) is 10.2. The van der Waals surface area contributed by atoms with E-state index in [4.69, 9.17) is 4.74 Å². The van der Waals surface area contributed by atoms with Crippen molar-refractivity contribution in [2.45, 2.75) is 5.51 Å². The molecule has 29 heavy (non-hydrogen) atoms. The number of rotatable bonds is 5. The minimum atomic E-state index is -5.80. The van der Waals surface area contributed by atoms with Crippen molar-refractivity contribution in [3.05, 3.63) is 70.5 Å². The number of nitro groups is 1. The Morgan fingerprint density at radius 1 is 1.00 bits per heavy atom. The lowest BCUT2D eigenvalue weighted by Crippen LogP contribution is -2.30. The molecule has 0 radical (unpaired) electrons. The molecule has 0 aromatic heterocycles. The summed E-state index contributed by atoms with van der Waals surface area (Å²) in [7, 11) is -5.80. The van der Waals surface area contributed by atoms with Crippen LogP contribution >= 0.6 is 0 Å². The van der Waals surface area contributed by atoms with E-state index in [2.05, 4.69) is 0 Å².